The van der Waals surface area contributed by atoms with Gasteiger partial charge in [-0.05, 0) is 86.5 Å². The lowest BCUT2D eigenvalue weighted by Gasteiger charge is -2.64. The number of aliphatic hydroxyl groups excluding tert-OH is 6. The van der Waals surface area contributed by atoms with E-state index in [0.717, 1.165) is 37.7 Å². The van der Waals surface area contributed by atoms with Crippen molar-refractivity contribution in [2.45, 2.75) is 151 Å². The van der Waals surface area contributed by atoms with Crippen molar-refractivity contribution in [3.63, 3.8) is 0 Å². The highest BCUT2D eigenvalue weighted by atomic mass is 16.7. The molecule has 4 aliphatic carbocycles. The third-order valence-corrected chi connectivity index (χ3v) is 14.5. The fourth-order valence-electron chi connectivity index (χ4n) is 11.6. The van der Waals surface area contributed by atoms with Crippen molar-refractivity contribution in [1.82, 2.24) is 0 Å². The van der Waals surface area contributed by atoms with Gasteiger partial charge in [-0.25, -0.2) is 4.79 Å². The average molecular weight is 713 g/mol. The molecular formula is C36H56O14. The number of carbonyl (C=O) groups is 1. The van der Waals surface area contributed by atoms with Crippen LogP contribution in [0.15, 0.2) is 11.6 Å². The Morgan fingerprint density at radius 1 is 0.860 bits per heavy atom. The third kappa shape index (κ3) is 5.63. The quantitative estimate of drug-likeness (QED) is 0.136. The Hall–Kier alpha value is -1.27. The molecule has 7 aliphatic rings. The maximum atomic E-state index is 12.5. The number of hydrogen-bond acceptors (Lipinski definition) is 14. The zero-order valence-electron chi connectivity index (χ0n) is 29.4. The van der Waals surface area contributed by atoms with E-state index < -0.39 is 91.2 Å². The lowest BCUT2D eigenvalue weighted by molar-refractivity contribution is -0.363. The Balaban J connectivity index is 1.01. The lowest BCUT2D eigenvalue weighted by Crippen LogP contribution is -2.66. The summed E-state index contributed by atoms with van der Waals surface area (Å²) >= 11 is 0. The molecule has 0 amide bonds. The highest BCUT2D eigenvalue weighted by Crippen LogP contribution is 2.70. The molecule has 14 nitrogen and oxygen atoms in total. The molecule has 0 aromatic carbocycles. The standard InChI is InChI=1S/C36H56O14/c1-16-30(50-32-28(42)27(41)26(40)23(14-37)49-32)31(45-4)29(43)33(47-16)48-19-12-18-5-6-22-21(35(18,3)24(38)13-19)7-9-34(2)20(8-10-36(22,34)44)17-11-25(39)46-15-17/h11,16,18-24,26-33,37-38,40-44H,5-10,12-15H2,1-4H3/t16-,18?,19+,20+,21-,22+,23+,24?,26+,27-,28+,29+,30+,31-,32-,33-,34+,35-,36-/m0/s1. The van der Waals surface area contributed by atoms with Gasteiger partial charge in [0.1, 0.15) is 49.3 Å². The van der Waals surface area contributed by atoms with Gasteiger partial charge in [0.2, 0.25) is 0 Å². The van der Waals surface area contributed by atoms with Gasteiger partial charge in [-0.2, -0.15) is 0 Å². The SMILES string of the molecule is CO[C@H]1[C@@H](O)[C@H](O[C@H]2CC(O)[C@@]3(C)C(CC[C@@H]4[C@@H]3CC[C@]3(C)[C@@H](C5=CC(=O)OC5)CC[C@]43O)C2)O[C@@H](C)[C@H]1O[C@@H]1O[C@H](CO)[C@@H](O)[C@H](O)[C@H]1O. The van der Waals surface area contributed by atoms with E-state index in [0.29, 0.717) is 25.9 Å². The number of aliphatic hydroxyl groups is 7. The molecule has 3 heterocycles. The maximum absolute atomic E-state index is 12.5. The first-order chi connectivity index (χ1) is 23.7. The highest BCUT2D eigenvalue weighted by Gasteiger charge is 2.69. The first-order valence-corrected chi connectivity index (χ1v) is 18.4. The van der Waals surface area contributed by atoms with E-state index in [1.807, 2.05) is 0 Å². The molecule has 0 radical (unpaired) electrons. The minimum atomic E-state index is -1.63. The minimum Gasteiger partial charge on any atom is -0.458 e. The molecule has 284 valence electrons. The second-order valence-electron chi connectivity index (χ2n) is 16.6. The number of fused-ring (bicyclic) bond motifs is 5. The average Bonchev–Trinajstić information content (AvgIpc) is 3.63. The summed E-state index contributed by atoms with van der Waals surface area (Å²) in [7, 11) is 1.40. The van der Waals surface area contributed by atoms with Crippen molar-refractivity contribution in [2.24, 2.45) is 34.5 Å². The van der Waals surface area contributed by atoms with Crippen molar-refractivity contribution in [1.29, 1.82) is 0 Å². The van der Waals surface area contributed by atoms with Gasteiger partial charge in [0.15, 0.2) is 12.6 Å². The maximum Gasteiger partial charge on any atom is 0.331 e. The molecule has 0 aromatic rings. The number of rotatable bonds is 7. The Kier molecular flexibility index (Phi) is 10.0. The van der Waals surface area contributed by atoms with Crippen LogP contribution in [0.3, 0.4) is 0 Å². The molecule has 7 rings (SSSR count). The summed E-state index contributed by atoms with van der Waals surface area (Å²) in [6, 6.07) is 0. The number of hydrogen-bond donors (Lipinski definition) is 7. The number of esters is 1. The van der Waals surface area contributed by atoms with E-state index in [4.69, 9.17) is 28.4 Å². The molecule has 14 heteroatoms. The van der Waals surface area contributed by atoms with Crippen LogP contribution in [0.2, 0.25) is 0 Å². The number of ether oxygens (including phenoxy) is 6. The molecule has 6 fully saturated rings. The zero-order chi connectivity index (χ0) is 35.9. The highest BCUT2D eigenvalue weighted by molar-refractivity contribution is 5.85. The van der Waals surface area contributed by atoms with Crippen LogP contribution in [0, 0.1) is 34.5 Å². The smallest absolute Gasteiger partial charge is 0.331 e. The van der Waals surface area contributed by atoms with Crippen molar-refractivity contribution in [2.75, 3.05) is 20.3 Å². The van der Waals surface area contributed by atoms with E-state index in [9.17, 15) is 40.5 Å². The van der Waals surface area contributed by atoms with E-state index in [-0.39, 0.29) is 35.1 Å². The van der Waals surface area contributed by atoms with Crippen LogP contribution < -0.4 is 0 Å². The molecule has 19 atom stereocenters. The molecule has 0 spiro atoms. The lowest BCUT2D eigenvalue weighted by atomic mass is 9.42. The number of methoxy groups -OCH3 is 1. The predicted molar refractivity (Wildman–Crippen MR) is 172 cm³/mol. The van der Waals surface area contributed by atoms with Gasteiger partial charge in [0.05, 0.1) is 30.5 Å². The minimum absolute atomic E-state index is 0.0330. The van der Waals surface area contributed by atoms with Crippen molar-refractivity contribution in [3.05, 3.63) is 11.6 Å². The van der Waals surface area contributed by atoms with E-state index >= 15 is 0 Å². The van der Waals surface area contributed by atoms with Crippen LogP contribution in [-0.4, -0.2) is 141 Å². The van der Waals surface area contributed by atoms with Gasteiger partial charge in [0.25, 0.3) is 0 Å². The fourth-order valence-corrected chi connectivity index (χ4v) is 11.6. The van der Waals surface area contributed by atoms with Gasteiger partial charge in [-0.15, -0.1) is 0 Å². The Labute approximate surface area is 292 Å². The molecule has 0 bridgehead atoms. The first-order valence-electron chi connectivity index (χ1n) is 18.4. The Morgan fingerprint density at radius 3 is 2.28 bits per heavy atom. The normalized spacial score (nSPS) is 55.1. The molecule has 2 saturated heterocycles. The van der Waals surface area contributed by atoms with Crippen molar-refractivity contribution < 1.29 is 69.0 Å². The second-order valence-corrected chi connectivity index (χ2v) is 16.6. The second kappa shape index (κ2) is 13.5. The van der Waals surface area contributed by atoms with E-state index in [1.54, 1.807) is 13.0 Å². The molecule has 3 aliphatic heterocycles. The van der Waals surface area contributed by atoms with E-state index in [1.165, 1.54) is 7.11 Å². The fraction of sp³-hybridized carbons (Fsp3) is 0.917. The molecule has 4 saturated carbocycles. The third-order valence-electron chi connectivity index (χ3n) is 14.5. The first kappa shape index (κ1) is 37.1. The summed E-state index contributed by atoms with van der Waals surface area (Å²) in [6.07, 6.45) is -6.17. The largest absolute Gasteiger partial charge is 0.458 e. The summed E-state index contributed by atoms with van der Waals surface area (Å²) < 4.78 is 34.9. The number of cyclic esters (lactones) is 1. The zero-order valence-corrected chi connectivity index (χ0v) is 29.4. The summed E-state index contributed by atoms with van der Waals surface area (Å²) in [5.41, 5.74) is -0.695. The summed E-state index contributed by atoms with van der Waals surface area (Å²) in [6.45, 7) is 5.75. The van der Waals surface area contributed by atoms with Gasteiger partial charge >= 0.3 is 5.97 Å². The van der Waals surface area contributed by atoms with Gasteiger partial charge in [-0.3, -0.25) is 0 Å². The Morgan fingerprint density at radius 2 is 1.60 bits per heavy atom. The van der Waals surface area contributed by atoms with Crippen LogP contribution >= 0.6 is 0 Å². The molecule has 2 unspecified atom stereocenters. The van der Waals surface area contributed by atoms with Gasteiger partial charge in [-0.1, -0.05) is 13.8 Å². The molecule has 0 aromatic heterocycles. The molecule has 7 N–H and O–H groups in total. The van der Waals surface area contributed by atoms with Crippen LogP contribution in [0.1, 0.15) is 72.1 Å². The van der Waals surface area contributed by atoms with Crippen molar-refractivity contribution >= 4 is 5.97 Å². The number of carbonyl (C=O) groups excluding carboxylic acids is 1. The summed E-state index contributed by atoms with van der Waals surface area (Å²) in [5.74, 6) is 0.0825. The van der Waals surface area contributed by atoms with Crippen LogP contribution in [0.25, 0.3) is 0 Å². The predicted octanol–water partition coefficient (Wildman–Crippen LogP) is -0.0948. The topological polar surface area (TPSA) is 214 Å². The van der Waals surface area contributed by atoms with Crippen LogP contribution in [0.5, 0.6) is 0 Å². The van der Waals surface area contributed by atoms with Gasteiger partial charge in [0, 0.05) is 25.0 Å². The van der Waals surface area contributed by atoms with E-state index in [2.05, 4.69) is 13.8 Å². The van der Waals surface area contributed by atoms with Crippen molar-refractivity contribution in [3.8, 4) is 0 Å². The van der Waals surface area contributed by atoms with Gasteiger partial charge < -0.3 is 64.2 Å². The molecular weight excluding hydrogens is 656 g/mol. The Bertz CT molecular complexity index is 1300. The van der Waals surface area contributed by atoms with Crippen LogP contribution in [-0.2, 0) is 33.2 Å². The monoisotopic (exact) mass is 712 g/mol. The summed E-state index contributed by atoms with van der Waals surface area (Å²) in [5, 5.41) is 76.3. The summed E-state index contributed by atoms with van der Waals surface area (Å²) in [4.78, 5) is 11.9. The molecule has 50 heavy (non-hydrogen) atoms. The van der Waals surface area contributed by atoms with Crippen LogP contribution in [0.4, 0.5) is 0 Å².